The van der Waals surface area contributed by atoms with Crippen molar-refractivity contribution in [2.45, 2.75) is 38.8 Å². The van der Waals surface area contributed by atoms with Crippen LogP contribution in [0.5, 0.6) is 0 Å². The van der Waals surface area contributed by atoms with Crippen LogP contribution in [0.4, 0.5) is 9.18 Å². The molecule has 0 bridgehead atoms. The largest absolute Gasteiger partial charge is 0.469 e. The molecule has 1 aliphatic rings. The van der Waals surface area contributed by atoms with Gasteiger partial charge >= 0.3 is 12.1 Å². The van der Waals surface area contributed by atoms with Gasteiger partial charge in [0, 0.05) is 0 Å². The molecule has 1 heterocycles. The SMILES string of the molecule is COC(=O)C(C)(C)[C@H]1CC[C@@H](c2cccc(F)c2)N1C(=O)O. The highest BCUT2D eigenvalue weighted by atomic mass is 19.1. The Hall–Kier alpha value is -2.11. The number of ether oxygens (including phenoxy) is 1. The minimum atomic E-state index is -1.12. The smallest absolute Gasteiger partial charge is 0.408 e. The molecule has 1 aromatic carbocycles. The molecular weight excluding hydrogens is 289 g/mol. The van der Waals surface area contributed by atoms with Crippen molar-refractivity contribution in [3.63, 3.8) is 0 Å². The summed E-state index contributed by atoms with van der Waals surface area (Å²) in [5, 5.41) is 9.58. The summed E-state index contributed by atoms with van der Waals surface area (Å²) in [5.74, 6) is -0.859. The van der Waals surface area contributed by atoms with E-state index in [1.165, 1.54) is 24.1 Å². The van der Waals surface area contributed by atoms with Gasteiger partial charge in [0.1, 0.15) is 5.82 Å². The minimum absolute atomic E-state index is 0.404. The number of esters is 1. The van der Waals surface area contributed by atoms with Gasteiger partial charge in [0.05, 0.1) is 24.6 Å². The second kappa shape index (κ2) is 5.94. The average molecular weight is 309 g/mol. The van der Waals surface area contributed by atoms with Gasteiger partial charge in [0.2, 0.25) is 0 Å². The first-order chi connectivity index (χ1) is 10.3. The lowest BCUT2D eigenvalue weighted by atomic mass is 9.83. The monoisotopic (exact) mass is 309 g/mol. The number of rotatable bonds is 3. The lowest BCUT2D eigenvalue weighted by Gasteiger charge is -2.36. The lowest BCUT2D eigenvalue weighted by Crippen LogP contribution is -2.48. The molecule has 1 N–H and O–H groups in total. The molecule has 0 aromatic heterocycles. The van der Waals surface area contributed by atoms with Crippen molar-refractivity contribution < 1.29 is 23.8 Å². The zero-order chi connectivity index (χ0) is 16.5. The van der Waals surface area contributed by atoms with Crippen LogP contribution in [-0.2, 0) is 9.53 Å². The van der Waals surface area contributed by atoms with Crippen LogP contribution >= 0.6 is 0 Å². The summed E-state index contributed by atoms with van der Waals surface area (Å²) in [4.78, 5) is 25.0. The van der Waals surface area contributed by atoms with Crippen molar-refractivity contribution in [2.24, 2.45) is 5.41 Å². The molecule has 0 saturated carbocycles. The Morgan fingerprint density at radius 2 is 2.05 bits per heavy atom. The molecule has 0 radical (unpaired) electrons. The molecule has 6 heteroatoms. The minimum Gasteiger partial charge on any atom is -0.469 e. The van der Waals surface area contributed by atoms with Gasteiger partial charge in [-0.2, -0.15) is 0 Å². The third-order valence-electron chi connectivity index (χ3n) is 4.38. The number of amides is 1. The van der Waals surface area contributed by atoms with Crippen LogP contribution in [0.2, 0.25) is 0 Å². The van der Waals surface area contributed by atoms with Crippen molar-refractivity contribution in [3.8, 4) is 0 Å². The van der Waals surface area contributed by atoms with Crippen LogP contribution in [0.1, 0.15) is 38.3 Å². The summed E-state index contributed by atoms with van der Waals surface area (Å²) in [6.07, 6.45) is -0.0510. The number of carboxylic acid groups (broad SMARTS) is 1. The molecule has 0 unspecified atom stereocenters. The summed E-state index contributed by atoms with van der Waals surface area (Å²) in [5.41, 5.74) is -0.361. The van der Waals surface area contributed by atoms with E-state index >= 15 is 0 Å². The van der Waals surface area contributed by atoms with E-state index in [0.29, 0.717) is 18.4 Å². The zero-order valence-corrected chi connectivity index (χ0v) is 12.9. The number of hydrogen-bond acceptors (Lipinski definition) is 3. The van der Waals surface area contributed by atoms with Crippen molar-refractivity contribution >= 4 is 12.1 Å². The lowest BCUT2D eigenvalue weighted by molar-refractivity contribution is -0.154. The summed E-state index contributed by atoms with van der Waals surface area (Å²) >= 11 is 0. The highest BCUT2D eigenvalue weighted by Crippen LogP contribution is 2.43. The molecule has 1 fully saturated rings. The van der Waals surface area contributed by atoms with Crippen LogP contribution < -0.4 is 0 Å². The van der Waals surface area contributed by atoms with Crippen LogP contribution in [0.25, 0.3) is 0 Å². The fourth-order valence-corrected chi connectivity index (χ4v) is 3.23. The van der Waals surface area contributed by atoms with Gasteiger partial charge in [-0.1, -0.05) is 12.1 Å². The maximum atomic E-state index is 13.4. The number of nitrogens with zero attached hydrogens (tertiary/aromatic N) is 1. The fourth-order valence-electron chi connectivity index (χ4n) is 3.23. The van der Waals surface area contributed by atoms with E-state index in [4.69, 9.17) is 4.74 Å². The maximum absolute atomic E-state index is 13.4. The number of halogens is 1. The highest BCUT2D eigenvalue weighted by Gasteiger charge is 2.49. The van der Waals surface area contributed by atoms with Crippen molar-refractivity contribution in [2.75, 3.05) is 7.11 Å². The summed E-state index contributed by atoms with van der Waals surface area (Å²) in [7, 11) is 1.29. The third-order valence-corrected chi connectivity index (χ3v) is 4.38. The Balaban J connectivity index is 2.37. The molecule has 120 valence electrons. The second-order valence-electron chi connectivity index (χ2n) is 6.07. The predicted octanol–water partition coefficient (Wildman–Crippen LogP) is 3.21. The van der Waals surface area contributed by atoms with E-state index in [1.807, 2.05) is 0 Å². The summed E-state index contributed by atoms with van der Waals surface area (Å²) in [6.45, 7) is 3.35. The van der Waals surface area contributed by atoms with Gasteiger partial charge in [-0.15, -0.1) is 0 Å². The molecular formula is C16H20FNO4. The first-order valence-corrected chi connectivity index (χ1v) is 7.14. The van der Waals surface area contributed by atoms with E-state index in [-0.39, 0.29) is 0 Å². The van der Waals surface area contributed by atoms with Gasteiger partial charge in [0.25, 0.3) is 0 Å². The molecule has 1 aromatic rings. The van der Waals surface area contributed by atoms with E-state index < -0.39 is 35.4 Å². The normalized spacial score (nSPS) is 21.7. The van der Waals surface area contributed by atoms with Crippen LogP contribution in [-0.4, -0.2) is 35.2 Å². The molecule has 22 heavy (non-hydrogen) atoms. The summed E-state index contributed by atoms with van der Waals surface area (Å²) < 4.78 is 18.2. The number of carbonyl (C=O) groups excluding carboxylic acids is 1. The van der Waals surface area contributed by atoms with Gasteiger partial charge in [0.15, 0.2) is 0 Å². The predicted molar refractivity (Wildman–Crippen MR) is 77.8 cm³/mol. The second-order valence-corrected chi connectivity index (χ2v) is 6.07. The van der Waals surface area contributed by atoms with Crippen LogP contribution in [0.3, 0.4) is 0 Å². The molecule has 1 amide bonds. The topological polar surface area (TPSA) is 66.8 Å². The van der Waals surface area contributed by atoms with Gasteiger partial charge in [-0.25, -0.2) is 9.18 Å². The zero-order valence-electron chi connectivity index (χ0n) is 12.9. The molecule has 2 atom stereocenters. The van der Waals surface area contributed by atoms with Gasteiger partial charge in [-0.3, -0.25) is 9.69 Å². The molecule has 0 aliphatic carbocycles. The molecule has 1 saturated heterocycles. The Morgan fingerprint density at radius 3 is 2.59 bits per heavy atom. The van der Waals surface area contributed by atoms with E-state index in [1.54, 1.807) is 26.0 Å². The average Bonchev–Trinajstić information content (AvgIpc) is 2.92. The maximum Gasteiger partial charge on any atom is 0.408 e. The van der Waals surface area contributed by atoms with Gasteiger partial charge < -0.3 is 9.84 Å². The number of benzene rings is 1. The third kappa shape index (κ3) is 2.77. The Labute approximate surface area is 128 Å². The highest BCUT2D eigenvalue weighted by molar-refractivity contribution is 5.78. The molecule has 0 spiro atoms. The Bertz CT molecular complexity index is 587. The Morgan fingerprint density at radius 1 is 1.36 bits per heavy atom. The first kappa shape index (κ1) is 16.3. The standard InChI is InChI=1S/C16H20FNO4/c1-16(2,14(19)22-3)13-8-7-12(18(13)15(20)21)10-5-4-6-11(17)9-10/h4-6,9,12-13H,7-8H2,1-3H3,(H,20,21)/t12-,13+/m0/s1. The number of methoxy groups -OCH3 is 1. The number of carbonyl (C=O) groups is 2. The number of hydrogen-bond donors (Lipinski definition) is 1. The van der Waals surface area contributed by atoms with Gasteiger partial charge in [-0.05, 0) is 44.4 Å². The quantitative estimate of drug-likeness (QED) is 0.871. The van der Waals surface area contributed by atoms with Crippen LogP contribution in [0.15, 0.2) is 24.3 Å². The molecule has 2 rings (SSSR count). The summed E-state index contributed by atoms with van der Waals surface area (Å²) in [6, 6.07) is 4.96. The fraction of sp³-hybridized carbons (Fsp3) is 0.500. The van der Waals surface area contributed by atoms with Crippen molar-refractivity contribution in [3.05, 3.63) is 35.6 Å². The Kier molecular flexibility index (Phi) is 4.39. The molecule has 1 aliphatic heterocycles. The first-order valence-electron chi connectivity index (χ1n) is 7.14. The van der Waals surface area contributed by atoms with Crippen molar-refractivity contribution in [1.29, 1.82) is 0 Å². The van der Waals surface area contributed by atoms with Crippen LogP contribution in [0, 0.1) is 11.2 Å². The molecule has 5 nitrogen and oxygen atoms in total. The van der Waals surface area contributed by atoms with Crippen molar-refractivity contribution in [1.82, 2.24) is 4.90 Å². The van der Waals surface area contributed by atoms with E-state index in [9.17, 15) is 19.1 Å². The van der Waals surface area contributed by atoms with E-state index in [2.05, 4.69) is 0 Å². The number of likely N-dealkylation sites (tertiary alicyclic amines) is 1. The van der Waals surface area contributed by atoms with E-state index in [0.717, 1.165) is 0 Å².